The van der Waals surface area contributed by atoms with Crippen LogP contribution in [-0.2, 0) is 18.3 Å². The van der Waals surface area contributed by atoms with Gasteiger partial charge in [-0.2, -0.15) is 0 Å². The van der Waals surface area contributed by atoms with E-state index in [-0.39, 0.29) is 17.5 Å². The molecule has 3 heteroatoms. The molecule has 3 aliphatic rings. The fourth-order valence-electron chi connectivity index (χ4n) is 10.9. The van der Waals surface area contributed by atoms with Crippen molar-refractivity contribution < 1.29 is 0 Å². The molecule has 8 aromatic rings. The van der Waals surface area contributed by atoms with E-state index in [1.54, 1.807) is 0 Å². The zero-order valence-corrected chi connectivity index (χ0v) is 38.0. The molecule has 0 radical (unpaired) electrons. The molecule has 0 unspecified atom stereocenters. The van der Waals surface area contributed by atoms with Crippen LogP contribution in [0.2, 0.25) is 0 Å². The summed E-state index contributed by atoms with van der Waals surface area (Å²) in [5.74, 6) is 0. The molecule has 308 valence electrons. The number of benzene rings is 8. The summed E-state index contributed by atoms with van der Waals surface area (Å²) >= 11 is 0. The maximum Gasteiger partial charge on any atom is 0.252 e. The summed E-state index contributed by atoms with van der Waals surface area (Å²) in [6.45, 7) is 18.5. The minimum Gasteiger partial charge on any atom is -0.311 e. The van der Waals surface area contributed by atoms with E-state index in [1.807, 2.05) is 0 Å². The zero-order chi connectivity index (χ0) is 43.4. The number of hydrogen-bond donors (Lipinski definition) is 0. The average molecular weight is 815 g/mol. The van der Waals surface area contributed by atoms with Gasteiger partial charge in [0.15, 0.2) is 0 Å². The van der Waals surface area contributed by atoms with E-state index in [0.29, 0.717) is 0 Å². The second kappa shape index (κ2) is 14.5. The molecule has 0 fully saturated rings. The summed E-state index contributed by atoms with van der Waals surface area (Å²) in [5.41, 5.74) is 27.3. The first-order chi connectivity index (χ1) is 30.3. The van der Waals surface area contributed by atoms with Crippen LogP contribution in [0.5, 0.6) is 0 Å². The van der Waals surface area contributed by atoms with Crippen LogP contribution < -0.4 is 26.2 Å². The van der Waals surface area contributed by atoms with E-state index in [4.69, 9.17) is 0 Å². The Bertz CT molecular complexity index is 3110. The Morgan fingerprint density at radius 1 is 0.444 bits per heavy atom. The number of anilines is 6. The molecule has 2 heterocycles. The Balaban J connectivity index is 1.21. The molecule has 0 spiro atoms. The van der Waals surface area contributed by atoms with E-state index in [2.05, 4.69) is 229 Å². The lowest BCUT2D eigenvalue weighted by atomic mass is 9.33. The topological polar surface area (TPSA) is 6.48 Å². The lowest BCUT2D eigenvalue weighted by molar-refractivity contribution is 0.392. The molecule has 0 N–H and O–H groups in total. The third-order valence-corrected chi connectivity index (χ3v) is 13.9. The lowest BCUT2D eigenvalue weighted by Gasteiger charge is -2.45. The molecule has 0 aromatic heterocycles. The van der Waals surface area contributed by atoms with Crippen LogP contribution in [0, 0.1) is 26.2 Å². The van der Waals surface area contributed by atoms with Crippen LogP contribution >= 0.6 is 0 Å². The number of aryl methyl sites for hydroxylation is 3. The number of nitrogens with zero attached hydrogens (tertiary/aromatic N) is 2. The molecule has 0 saturated heterocycles. The standard InChI is InChI=1S/C60H55BN2/c1-38-14-12-18-43(28-38)41-20-24-49(25-21-41)62-54-26-22-45(44-19-13-15-39(2)29-44)32-51(54)61-52-33-46-36-60(7,8)37-47(46)34-55(52)63(57-31-40(3)30-56(62)58(57)61)53-27-23-48(59(4,5)6)35-50(53)42-16-10-9-11-17-42/h9-35H,36-37H2,1-8H3. The van der Waals surface area contributed by atoms with Gasteiger partial charge in [0.25, 0.3) is 6.71 Å². The minimum absolute atomic E-state index is 0.00400. The fraction of sp³-hybridized carbons (Fsp3) is 0.200. The van der Waals surface area contributed by atoms with Gasteiger partial charge in [0, 0.05) is 34.0 Å². The largest absolute Gasteiger partial charge is 0.311 e. The molecular weight excluding hydrogens is 759 g/mol. The van der Waals surface area contributed by atoms with E-state index in [9.17, 15) is 0 Å². The summed E-state index contributed by atoms with van der Waals surface area (Å²) in [5, 5.41) is 0. The van der Waals surface area contributed by atoms with Gasteiger partial charge in [0.2, 0.25) is 0 Å². The van der Waals surface area contributed by atoms with Gasteiger partial charge in [-0.15, -0.1) is 0 Å². The highest BCUT2D eigenvalue weighted by Crippen LogP contribution is 2.49. The maximum atomic E-state index is 2.65. The second-order valence-electron chi connectivity index (χ2n) is 20.4. The molecule has 2 aliphatic heterocycles. The Labute approximate surface area is 375 Å². The summed E-state index contributed by atoms with van der Waals surface area (Å²) in [7, 11) is 0. The third kappa shape index (κ3) is 6.72. The van der Waals surface area contributed by atoms with Crippen LogP contribution in [0.15, 0.2) is 164 Å². The smallest absolute Gasteiger partial charge is 0.252 e. The van der Waals surface area contributed by atoms with Gasteiger partial charge < -0.3 is 9.80 Å². The monoisotopic (exact) mass is 814 g/mol. The quantitative estimate of drug-likeness (QED) is 0.160. The maximum absolute atomic E-state index is 2.65. The Morgan fingerprint density at radius 3 is 1.68 bits per heavy atom. The number of fused-ring (bicyclic) bond motifs is 5. The van der Waals surface area contributed by atoms with Crippen molar-refractivity contribution in [1.82, 2.24) is 0 Å². The zero-order valence-electron chi connectivity index (χ0n) is 38.0. The molecule has 0 bridgehead atoms. The molecule has 0 atom stereocenters. The third-order valence-electron chi connectivity index (χ3n) is 13.9. The van der Waals surface area contributed by atoms with Crippen molar-refractivity contribution >= 4 is 57.2 Å². The van der Waals surface area contributed by atoms with Crippen LogP contribution in [0.1, 0.15) is 68.0 Å². The molecule has 2 nitrogen and oxygen atoms in total. The van der Waals surface area contributed by atoms with Gasteiger partial charge in [0.1, 0.15) is 0 Å². The summed E-state index contributed by atoms with van der Waals surface area (Å²) in [6.07, 6.45) is 2.16. The second-order valence-corrected chi connectivity index (χ2v) is 20.4. The highest BCUT2D eigenvalue weighted by Gasteiger charge is 2.45. The van der Waals surface area contributed by atoms with Crippen molar-refractivity contribution in [2.24, 2.45) is 5.41 Å². The van der Waals surface area contributed by atoms with Crippen molar-refractivity contribution in [3.63, 3.8) is 0 Å². The number of rotatable bonds is 5. The van der Waals surface area contributed by atoms with E-state index >= 15 is 0 Å². The molecular formula is C60H55BN2. The van der Waals surface area contributed by atoms with Gasteiger partial charge in [-0.25, -0.2) is 0 Å². The van der Waals surface area contributed by atoms with Crippen LogP contribution in [0.25, 0.3) is 33.4 Å². The molecule has 0 amide bonds. The van der Waals surface area contributed by atoms with Crippen molar-refractivity contribution in [1.29, 1.82) is 0 Å². The Hall–Kier alpha value is -6.58. The highest BCUT2D eigenvalue weighted by molar-refractivity contribution is 7.00. The Morgan fingerprint density at radius 2 is 1.02 bits per heavy atom. The van der Waals surface area contributed by atoms with E-state index in [0.717, 1.165) is 18.5 Å². The van der Waals surface area contributed by atoms with Crippen LogP contribution in [-0.4, -0.2) is 6.71 Å². The van der Waals surface area contributed by atoms with Gasteiger partial charge >= 0.3 is 0 Å². The first-order valence-corrected chi connectivity index (χ1v) is 22.8. The molecule has 0 saturated carbocycles. The van der Waals surface area contributed by atoms with Crippen molar-refractivity contribution in [2.75, 3.05) is 9.80 Å². The molecule has 8 aromatic carbocycles. The summed E-state index contributed by atoms with van der Waals surface area (Å²) < 4.78 is 0. The van der Waals surface area contributed by atoms with Gasteiger partial charge in [-0.3, -0.25) is 0 Å². The first-order valence-electron chi connectivity index (χ1n) is 22.8. The van der Waals surface area contributed by atoms with Gasteiger partial charge in [-0.1, -0.05) is 161 Å². The Kier molecular flexibility index (Phi) is 9.04. The van der Waals surface area contributed by atoms with Crippen LogP contribution in [0.4, 0.5) is 34.1 Å². The average Bonchev–Trinajstić information content (AvgIpc) is 3.58. The molecule has 11 rings (SSSR count). The normalized spacial score (nSPS) is 14.6. The summed E-state index contributed by atoms with van der Waals surface area (Å²) in [6, 6.07) is 62.7. The van der Waals surface area contributed by atoms with Crippen LogP contribution in [0.3, 0.4) is 0 Å². The SMILES string of the molecule is Cc1cccc(-c2ccc(N3c4ccc(-c5cccc(C)c5)cc4B4c5cc6c(cc5N(c5ccc(C(C)(C)C)cc5-c5ccccc5)c5cc(C)cc3c54)CC(C)(C)C6)cc2)c1. The van der Waals surface area contributed by atoms with E-state index < -0.39 is 0 Å². The predicted octanol–water partition coefficient (Wildman–Crippen LogP) is 14.1. The first kappa shape index (κ1) is 39.3. The van der Waals surface area contributed by atoms with E-state index in [1.165, 1.54) is 112 Å². The predicted molar refractivity (Wildman–Crippen MR) is 271 cm³/mol. The molecule has 63 heavy (non-hydrogen) atoms. The fourth-order valence-corrected chi connectivity index (χ4v) is 10.9. The molecule has 1 aliphatic carbocycles. The van der Waals surface area contributed by atoms with Gasteiger partial charge in [0.05, 0.1) is 5.69 Å². The van der Waals surface area contributed by atoms with Gasteiger partial charge in [-0.05, 0) is 159 Å². The summed E-state index contributed by atoms with van der Waals surface area (Å²) in [4.78, 5) is 5.20. The minimum atomic E-state index is -0.00400. The lowest BCUT2D eigenvalue weighted by Crippen LogP contribution is -2.61. The van der Waals surface area contributed by atoms with Crippen molar-refractivity contribution in [3.8, 4) is 33.4 Å². The number of hydrogen-bond acceptors (Lipinski definition) is 2. The van der Waals surface area contributed by atoms with Crippen molar-refractivity contribution in [2.45, 2.75) is 73.6 Å². The van der Waals surface area contributed by atoms with Crippen molar-refractivity contribution in [3.05, 3.63) is 197 Å². The highest BCUT2D eigenvalue weighted by atomic mass is 15.2.